The molecular weight excluding hydrogens is 354 g/mol. The number of hydrogen-bond donors (Lipinski definition) is 1. The van der Waals surface area contributed by atoms with E-state index in [2.05, 4.69) is 10.1 Å². The molecule has 2 aromatic rings. The number of anilines is 1. The number of hydrogen-bond acceptors (Lipinski definition) is 3. The SMILES string of the molecule is CCCN(CC(=O)Nc1ccccc1C)C(=O)c1cccc(OC(F)F)c1. The molecule has 0 unspecified atom stereocenters. The van der Waals surface area contributed by atoms with Crippen molar-refractivity contribution in [2.45, 2.75) is 26.9 Å². The van der Waals surface area contributed by atoms with E-state index in [9.17, 15) is 18.4 Å². The van der Waals surface area contributed by atoms with Crippen LogP contribution >= 0.6 is 0 Å². The average Bonchev–Trinajstić information content (AvgIpc) is 2.62. The maximum atomic E-state index is 12.7. The van der Waals surface area contributed by atoms with Crippen LogP contribution in [0.15, 0.2) is 48.5 Å². The van der Waals surface area contributed by atoms with Gasteiger partial charge >= 0.3 is 6.61 Å². The number of halogens is 2. The fraction of sp³-hybridized carbons (Fsp3) is 0.300. The van der Waals surface area contributed by atoms with E-state index >= 15 is 0 Å². The van der Waals surface area contributed by atoms with Crippen molar-refractivity contribution < 1.29 is 23.1 Å². The minimum Gasteiger partial charge on any atom is -0.435 e. The summed E-state index contributed by atoms with van der Waals surface area (Å²) in [5.41, 5.74) is 1.78. The zero-order chi connectivity index (χ0) is 19.8. The van der Waals surface area contributed by atoms with E-state index < -0.39 is 12.5 Å². The fourth-order valence-electron chi connectivity index (χ4n) is 2.59. The highest BCUT2D eigenvalue weighted by Gasteiger charge is 2.19. The molecule has 0 aliphatic rings. The topological polar surface area (TPSA) is 58.6 Å². The van der Waals surface area contributed by atoms with Crippen LogP contribution < -0.4 is 10.1 Å². The van der Waals surface area contributed by atoms with Gasteiger partial charge in [-0.25, -0.2) is 0 Å². The summed E-state index contributed by atoms with van der Waals surface area (Å²) in [4.78, 5) is 26.5. The first kappa shape index (κ1) is 20.4. The second-order valence-corrected chi connectivity index (χ2v) is 6.00. The number of para-hydroxylation sites is 1. The van der Waals surface area contributed by atoms with Crippen molar-refractivity contribution in [2.75, 3.05) is 18.4 Å². The van der Waals surface area contributed by atoms with Crippen LogP contribution in [0.2, 0.25) is 0 Å². The van der Waals surface area contributed by atoms with Crippen molar-refractivity contribution in [3.63, 3.8) is 0 Å². The molecule has 0 spiro atoms. The number of ether oxygens (including phenoxy) is 1. The zero-order valence-electron chi connectivity index (χ0n) is 15.2. The lowest BCUT2D eigenvalue weighted by Crippen LogP contribution is -2.38. The molecule has 0 atom stereocenters. The quantitative estimate of drug-likeness (QED) is 0.755. The number of rotatable bonds is 8. The van der Waals surface area contributed by atoms with E-state index in [1.54, 1.807) is 6.07 Å². The van der Waals surface area contributed by atoms with Crippen LogP contribution in [0.25, 0.3) is 0 Å². The summed E-state index contributed by atoms with van der Waals surface area (Å²) < 4.78 is 29.1. The Balaban J connectivity index is 2.10. The molecule has 2 rings (SSSR count). The predicted molar refractivity (Wildman–Crippen MR) is 99.1 cm³/mol. The van der Waals surface area contributed by atoms with Gasteiger partial charge in [0.05, 0.1) is 0 Å². The minimum absolute atomic E-state index is 0.100. The van der Waals surface area contributed by atoms with Gasteiger partial charge in [-0.2, -0.15) is 8.78 Å². The van der Waals surface area contributed by atoms with Crippen molar-refractivity contribution in [1.82, 2.24) is 4.90 Å². The Morgan fingerprint density at radius 2 is 1.89 bits per heavy atom. The number of amides is 2. The summed E-state index contributed by atoms with van der Waals surface area (Å²) in [6.07, 6.45) is 0.649. The first-order valence-corrected chi connectivity index (χ1v) is 8.60. The molecule has 0 aliphatic carbocycles. The highest BCUT2D eigenvalue weighted by Crippen LogP contribution is 2.18. The van der Waals surface area contributed by atoms with Gasteiger partial charge in [0.2, 0.25) is 5.91 Å². The maximum Gasteiger partial charge on any atom is 0.387 e. The molecule has 7 heteroatoms. The van der Waals surface area contributed by atoms with E-state index in [0.717, 1.165) is 5.56 Å². The predicted octanol–water partition coefficient (Wildman–Crippen LogP) is 4.09. The number of benzene rings is 2. The van der Waals surface area contributed by atoms with E-state index in [1.807, 2.05) is 32.0 Å². The molecule has 0 radical (unpaired) electrons. The molecule has 2 amide bonds. The third-order valence-corrected chi connectivity index (χ3v) is 3.84. The van der Waals surface area contributed by atoms with E-state index in [0.29, 0.717) is 18.7 Å². The standard InChI is InChI=1S/C20H22F2N2O3/c1-3-11-24(13-18(25)23-17-10-5-4-7-14(17)2)19(26)15-8-6-9-16(12-15)27-20(21)22/h4-10,12,20H,3,11,13H2,1-2H3,(H,23,25). The molecule has 0 fully saturated rings. The fourth-order valence-corrected chi connectivity index (χ4v) is 2.59. The normalized spacial score (nSPS) is 10.6. The van der Waals surface area contributed by atoms with Crippen molar-refractivity contribution in [2.24, 2.45) is 0 Å². The number of nitrogens with zero attached hydrogens (tertiary/aromatic N) is 1. The van der Waals surface area contributed by atoms with Gasteiger partial charge in [0.25, 0.3) is 5.91 Å². The number of carbonyl (C=O) groups excluding carboxylic acids is 2. The van der Waals surface area contributed by atoms with Gasteiger partial charge < -0.3 is 15.0 Å². The second kappa shape index (κ2) is 9.66. The molecule has 5 nitrogen and oxygen atoms in total. The summed E-state index contributed by atoms with van der Waals surface area (Å²) in [6, 6.07) is 12.9. The molecule has 27 heavy (non-hydrogen) atoms. The molecule has 144 valence electrons. The first-order chi connectivity index (χ1) is 12.9. The maximum absolute atomic E-state index is 12.7. The summed E-state index contributed by atoms with van der Waals surface area (Å²) in [7, 11) is 0. The Morgan fingerprint density at radius 1 is 1.15 bits per heavy atom. The molecule has 0 saturated heterocycles. The van der Waals surface area contributed by atoms with Crippen LogP contribution in [0, 0.1) is 6.92 Å². The summed E-state index contributed by atoms with van der Waals surface area (Å²) in [6.45, 7) is 1.01. The van der Waals surface area contributed by atoms with Gasteiger partial charge in [0.15, 0.2) is 0 Å². The Hall–Kier alpha value is -2.96. The van der Waals surface area contributed by atoms with Crippen LogP contribution in [0.1, 0.15) is 29.3 Å². The van der Waals surface area contributed by atoms with Gasteiger partial charge in [0.1, 0.15) is 12.3 Å². The van der Waals surface area contributed by atoms with Crippen LogP contribution in [0.5, 0.6) is 5.75 Å². The van der Waals surface area contributed by atoms with Gasteiger partial charge in [-0.1, -0.05) is 31.2 Å². The number of carbonyl (C=O) groups is 2. The Morgan fingerprint density at radius 3 is 2.56 bits per heavy atom. The van der Waals surface area contributed by atoms with Crippen LogP contribution in [0.4, 0.5) is 14.5 Å². The van der Waals surface area contributed by atoms with Gasteiger partial charge in [-0.15, -0.1) is 0 Å². The summed E-state index contributed by atoms with van der Waals surface area (Å²) in [5.74, 6) is -0.848. The Bertz CT molecular complexity index is 796. The molecular formula is C20H22F2N2O3. The van der Waals surface area contributed by atoms with Gasteiger partial charge in [0, 0.05) is 17.8 Å². The van der Waals surface area contributed by atoms with Crippen molar-refractivity contribution in [3.8, 4) is 5.75 Å². The van der Waals surface area contributed by atoms with Crippen molar-refractivity contribution in [1.29, 1.82) is 0 Å². The van der Waals surface area contributed by atoms with E-state index in [4.69, 9.17) is 0 Å². The lowest BCUT2D eigenvalue weighted by molar-refractivity contribution is -0.116. The molecule has 2 aromatic carbocycles. The largest absolute Gasteiger partial charge is 0.435 e. The number of alkyl halides is 2. The molecule has 1 N–H and O–H groups in total. The molecule has 0 heterocycles. The van der Waals surface area contributed by atoms with E-state index in [-0.39, 0.29) is 23.8 Å². The van der Waals surface area contributed by atoms with Gasteiger partial charge in [-0.3, -0.25) is 9.59 Å². The summed E-state index contributed by atoms with van der Waals surface area (Å²) >= 11 is 0. The summed E-state index contributed by atoms with van der Waals surface area (Å²) in [5, 5.41) is 2.79. The highest BCUT2D eigenvalue weighted by molar-refractivity contribution is 5.99. The number of nitrogens with one attached hydrogen (secondary N) is 1. The smallest absolute Gasteiger partial charge is 0.387 e. The minimum atomic E-state index is -2.97. The zero-order valence-corrected chi connectivity index (χ0v) is 15.2. The van der Waals surface area contributed by atoms with Crippen LogP contribution in [-0.2, 0) is 4.79 Å². The lowest BCUT2D eigenvalue weighted by atomic mass is 10.1. The number of aryl methyl sites for hydroxylation is 1. The van der Waals surface area contributed by atoms with Crippen molar-refractivity contribution in [3.05, 3.63) is 59.7 Å². The van der Waals surface area contributed by atoms with Gasteiger partial charge in [-0.05, 0) is 43.2 Å². The molecule has 0 aliphatic heterocycles. The Kier molecular flexibility index (Phi) is 7.28. The molecule has 0 aromatic heterocycles. The third kappa shape index (κ3) is 6.06. The first-order valence-electron chi connectivity index (χ1n) is 8.60. The van der Waals surface area contributed by atoms with Crippen LogP contribution in [0.3, 0.4) is 0 Å². The highest BCUT2D eigenvalue weighted by atomic mass is 19.3. The Labute approximate surface area is 156 Å². The average molecular weight is 376 g/mol. The second-order valence-electron chi connectivity index (χ2n) is 6.00. The monoisotopic (exact) mass is 376 g/mol. The molecule has 0 bridgehead atoms. The van der Waals surface area contributed by atoms with Crippen molar-refractivity contribution >= 4 is 17.5 Å². The van der Waals surface area contributed by atoms with Crippen LogP contribution in [-0.4, -0.2) is 36.4 Å². The molecule has 0 saturated carbocycles. The third-order valence-electron chi connectivity index (χ3n) is 3.84. The van der Waals surface area contributed by atoms with E-state index in [1.165, 1.54) is 29.2 Å². The lowest BCUT2D eigenvalue weighted by Gasteiger charge is -2.22.